The van der Waals surface area contributed by atoms with E-state index in [1.807, 2.05) is 54.6 Å². The molecule has 4 nitrogen and oxygen atoms in total. The van der Waals surface area contributed by atoms with Gasteiger partial charge in [-0.3, -0.25) is 9.59 Å². The number of anilines is 1. The first-order chi connectivity index (χ1) is 14.6. The van der Waals surface area contributed by atoms with Crippen LogP contribution in [-0.4, -0.2) is 29.8 Å². The molecule has 0 unspecified atom stereocenters. The molecule has 0 bridgehead atoms. The van der Waals surface area contributed by atoms with Gasteiger partial charge in [0, 0.05) is 23.5 Å². The van der Waals surface area contributed by atoms with Crippen molar-refractivity contribution in [2.24, 2.45) is 0 Å². The average Bonchev–Trinajstić information content (AvgIpc) is 3.04. The molecule has 0 spiro atoms. The van der Waals surface area contributed by atoms with Crippen LogP contribution in [0.5, 0.6) is 0 Å². The molecule has 2 aliphatic rings. The zero-order valence-corrected chi connectivity index (χ0v) is 17.2. The Bertz CT molecular complexity index is 1170. The Morgan fingerprint density at radius 1 is 0.733 bits per heavy atom. The molecule has 30 heavy (non-hydrogen) atoms. The van der Waals surface area contributed by atoms with E-state index >= 15 is 0 Å². The van der Waals surface area contributed by atoms with E-state index < -0.39 is 0 Å². The monoisotopic (exact) mass is 416 g/mol. The molecule has 5 rings (SSSR count). The number of carbonyl (C=O) groups excluding carboxylic acids is 2. The van der Waals surface area contributed by atoms with Crippen molar-refractivity contribution in [3.8, 4) is 0 Å². The summed E-state index contributed by atoms with van der Waals surface area (Å²) in [4.78, 5) is 30.8. The van der Waals surface area contributed by atoms with E-state index in [4.69, 9.17) is 11.6 Å². The molecular weight excluding hydrogens is 396 g/mol. The molecule has 150 valence electrons. The third-order valence-electron chi connectivity index (χ3n) is 5.87. The van der Waals surface area contributed by atoms with Gasteiger partial charge in [-0.15, -0.1) is 0 Å². The summed E-state index contributed by atoms with van der Waals surface area (Å²) < 4.78 is 0. The second-order valence-electron chi connectivity index (χ2n) is 7.72. The predicted octanol–water partition coefficient (Wildman–Crippen LogP) is 5.26. The van der Waals surface area contributed by atoms with Gasteiger partial charge in [-0.25, -0.2) is 4.90 Å². The number of carbonyl (C=O) groups is 2. The summed E-state index contributed by atoms with van der Waals surface area (Å²) in [5.41, 5.74) is 2.32. The lowest BCUT2D eigenvalue weighted by atomic mass is 10.0. The maximum Gasteiger partial charge on any atom is 0.282 e. The fourth-order valence-corrected chi connectivity index (χ4v) is 4.55. The third kappa shape index (κ3) is 3.08. The Hall–Kier alpha value is -3.11. The van der Waals surface area contributed by atoms with E-state index in [9.17, 15) is 9.59 Å². The number of nitrogens with zero attached hydrogens (tertiary/aromatic N) is 2. The number of imide groups is 1. The van der Waals surface area contributed by atoms with Gasteiger partial charge in [-0.2, -0.15) is 0 Å². The smallest absolute Gasteiger partial charge is 0.282 e. The van der Waals surface area contributed by atoms with E-state index in [0.717, 1.165) is 48.7 Å². The van der Waals surface area contributed by atoms with Gasteiger partial charge in [-0.1, -0.05) is 60.1 Å². The Morgan fingerprint density at radius 2 is 1.43 bits per heavy atom. The molecule has 0 aliphatic carbocycles. The zero-order chi connectivity index (χ0) is 20.7. The maximum atomic E-state index is 13.7. The second kappa shape index (κ2) is 7.62. The summed E-state index contributed by atoms with van der Waals surface area (Å²) in [5.74, 6) is -0.526. The van der Waals surface area contributed by atoms with Crippen LogP contribution in [0.1, 0.15) is 24.8 Å². The number of benzene rings is 3. The van der Waals surface area contributed by atoms with Gasteiger partial charge in [0.15, 0.2) is 0 Å². The predicted molar refractivity (Wildman–Crippen MR) is 120 cm³/mol. The number of rotatable bonds is 3. The molecule has 2 aliphatic heterocycles. The molecule has 0 atom stereocenters. The van der Waals surface area contributed by atoms with Crippen molar-refractivity contribution >= 4 is 45.4 Å². The van der Waals surface area contributed by atoms with E-state index in [1.54, 1.807) is 12.1 Å². The highest BCUT2D eigenvalue weighted by Crippen LogP contribution is 2.38. The zero-order valence-electron chi connectivity index (χ0n) is 16.5. The lowest BCUT2D eigenvalue weighted by molar-refractivity contribution is -0.120. The fourth-order valence-electron chi connectivity index (χ4n) is 4.43. The van der Waals surface area contributed by atoms with Gasteiger partial charge < -0.3 is 4.90 Å². The minimum absolute atomic E-state index is 0.247. The van der Waals surface area contributed by atoms with Gasteiger partial charge >= 0.3 is 0 Å². The summed E-state index contributed by atoms with van der Waals surface area (Å²) >= 11 is 6.07. The SMILES string of the molecule is O=C1C(c2ccc(Cl)cc2)=C(N2CCCCC2)C(=O)N1c1cccc2ccccc12. The Labute approximate surface area is 180 Å². The van der Waals surface area contributed by atoms with E-state index in [2.05, 4.69) is 4.90 Å². The quantitative estimate of drug-likeness (QED) is 0.546. The van der Waals surface area contributed by atoms with E-state index in [1.165, 1.54) is 4.90 Å². The molecule has 0 aromatic heterocycles. The van der Waals surface area contributed by atoms with Gasteiger partial charge in [0.05, 0.1) is 11.3 Å². The first-order valence-electron chi connectivity index (χ1n) is 10.3. The molecule has 2 heterocycles. The van der Waals surface area contributed by atoms with Gasteiger partial charge in [-0.05, 0) is 48.4 Å². The lowest BCUT2D eigenvalue weighted by Crippen LogP contribution is -2.37. The van der Waals surface area contributed by atoms with Crippen LogP contribution in [0.4, 0.5) is 5.69 Å². The Balaban J connectivity index is 1.67. The van der Waals surface area contributed by atoms with Crippen LogP contribution in [0.3, 0.4) is 0 Å². The minimum Gasteiger partial charge on any atom is -0.366 e. The Kier molecular flexibility index (Phi) is 4.80. The van der Waals surface area contributed by atoms with Crippen molar-refractivity contribution in [3.05, 3.63) is 83.0 Å². The summed E-state index contributed by atoms with van der Waals surface area (Å²) in [6, 6.07) is 20.7. The first-order valence-corrected chi connectivity index (χ1v) is 10.6. The van der Waals surface area contributed by atoms with Gasteiger partial charge in [0.1, 0.15) is 5.70 Å². The number of fused-ring (bicyclic) bond motifs is 1. The highest BCUT2D eigenvalue weighted by atomic mass is 35.5. The van der Waals surface area contributed by atoms with Crippen LogP contribution in [0.25, 0.3) is 16.3 Å². The number of piperidine rings is 1. The van der Waals surface area contributed by atoms with Gasteiger partial charge in [0.2, 0.25) is 0 Å². The first kappa shape index (κ1) is 18.9. The van der Waals surface area contributed by atoms with Crippen molar-refractivity contribution in [2.75, 3.05) is 18.0 Å². The van der Waals surface area contributed by atoms with Crippen LogP contribution < -0.4 is 4.90 Å². The largest absolute Gasteiger partial charge is 0.366 e. The number of hydrogen-bond donors (Lipinski definition) is 0. The average molecular weight is 417 g/mol. The van der Waals surface area contributed by atoms with Crippen LogP contribution in [-0.2, 0) is 9.59 Å². The molecule has 3 aromatic rings. The molecule has 0 N–H and O–H groups in total. The molecule has 1 saturated heterocycles. The topological polar surface area (TPSA) is 40.6 Å². The number of amides is 2. The fraction of sp³-hybridized carbons (Fsp3) is 0.200. The molecule has 2 amide bonds. The second-order valence-corrected chi connectivity index (χ2v) is 8.16. The van der Waals surface area contributed by atoms with Crippen LogP contribution >= 0.6 is 11.6 Å². The van der Waals surface area contributed by atoms with Crippen molar-refractivity contribution in [2.45, 2.75) is 19.3 Å². The Morgan fingerprint density at radius 3 is 2.20 bits per heavy atom. The number of likely N-dealkylation sites (tertiary alicyclic amines) is 1. The highest BCUT2D eigenvalue weighted by Gasteiger charge is 2.43. The molecule has 1 fully saturated rings. The van der Waals surface area contributed by atoms with Crippen molar-refractivity contribution in [1.29, 1.82) is 0 Å². The lowest BCUT2D eigenvalue weighted by Gasteiger charge is -2.29. The van der Waals surface area contributed by atoms with Gasteiger partial charge in [0.25, 0.3) is 11.8 Å². The standard InChI is InChI=1S/C25H21ClN2O2/c26-19-13-11-18(12-14-19)22-23(27-15-4-1-5-16-27)25(30)28(24(22)29)21-10-6-8-17-7-2-3-9-20(17)21/h2-3,6-14H,1,4-5,15-16H2. The molecule has 0 radical (unpaired) electrons. The summed E-state index contributed by atoms with van der Waals surface area (Å²) in [7, 11) is 0. The number of halogens is 1. The third-order valence-corrected chi connectivity index (χ3v) is 6.12. The summed E-state index contributed by atoms with van der Waals surface area (Å²) in [6.45, 7) is 1.57. The van der Waals surface area contributed by atoms with Crippen LogP contribution in [0.2, 0.25) is 5.02 Å². The van der Waals surface area contributed by atoms with Crippen molar-refractivity contribution in [3.63, 3.8) is 0 Å². The normalized spacial score (nSPS) is 17.4. The van der Waals surface area contributed by atoms with Crippen LogP contribution in [0, 0.1) is 0 Å². The van der Waals surface area contributed by atoms with E-state index in [-0.39, 0.29) is 11.8 Å². The molecule has 3 aromatic carbocycles. The maximum absolute atomic E-state index is 13.7. The highest BCUT2D eigenvalue weighted by molar-refractivity contribution is 6.46. The molecule has 0 saturated carbocycles. The van der Waals surface area contributed by atoms with Crippen LogP contribution in [0.15, 0.2) is 72.4 Å². The van der Waals surface area contributed by atoms with Crippen molar-refractivity contribution < 1.29 is 9.59 Å². The molecular formula is C25H21ClN2O2. The minimum atomic E-state index is -0.278. The van der Waals surface area contributed by atoms with Crippen molar-refractivity contribution in [1.82, 2.24) is 4.90 Å². The summed E-state index contributed by atoms with van der Waals surface area (Å²) in [6.07, 6.45) is 3.19. The van der Waals surface area contributed by atoms with E-state index in [0.29, 0.717) is 22.0 Å². The summed E-state index contributed by atoms with van der Waals surface area (Å²) in [5, 5.41) is 2.48. The molecule has 5 heteroatoms. The number of hydrogen-bond acceptors (Lipinski definition) is 3.